The molecule has 0 amide bonds. The summed E-state index contributed by atoms with van der Waals surface area (Å²) >= 11 is 0. The van der Waals surface area contributed by atoms with Crippen molar-refractivity contribution in [2.45, 2.75) is 32.9 Å². The summed E-state index contributed by atoms with van der Waals surface area (Å²) in [5, 5.41) is 12.3. The maximum atomic E-state index is 11.2. The first-order valence-corrected chi connectivity index (χ1v) is 7.11. The molecule has 0 radical (unpaired) electrons. The number of carboxylic acids is 1. The molecule has 1 aromatic heterocycles. The van der Waals surface area contributed by atoms with Crippen molar-refractivity contribution in [1.82, 2.24) is 15.3 Å². The monoisotopic (exact) mass is 287 g/mol. The van der Waals surface area contributed by atoms with Crippen molar-refractivity contribution >= 4 is 5.97 Å². The van der Waals surface area contributed by atoms with Gasteiger partial charge in [0.25, 0.3) is 0 Å². The fourth-order valence-corrected chi connectivity index (χ4v) is 2.17. The van der Waals surface area contributed by atoms with E-state index in [1.54, 1.807) is 6.20 Å². The van der Waals surface area contributed by atoms with Crippen molar-refractivity contribution in [3.05, 3.63) is 42.2 Å². The number of imidazole rings is 1. The van der Waals surface area contributed by atoms with Gasteiger partial charge in [0.2, 0.25) is 0 Å². The highest BCUT2D eigenvalue weighted by Gasteiger charge is 2.18. The molecule has 0 saturated heterocycles. The number of nitrogens with one attached hydrogen (secondary N) is 2. The van der Waals surface area contributed by atoms with E-state index in [-0.39, 0.29) is 0 Å². The van der Waals surface area contributed by atoms with Gasteiger partial charge in [-0.25, -0.2) is 4.98 Å². The zero-order valence-corrected chi connectivity index (χ0v) is 12.3. The van der Waals surface area contributed by atoms with Crippen LogP contribution in [0.25, 0.3) is 11.4 Å². The molecule has 0 fully saturated rings. The summed E-state index contributed by atoms with van der Waals surface area (Å²) in [5.74, 6) is 0.315. The van der Waals surface area contributed by atoms with E-state index in [1.807, 2.05) is 44.2 Å². The van der Waals surface area contributed by atoms with Crippen LogP contribution < -0.4 is 5.32 Å². The number of rotatable bonds is 7. The van der Waals surface area contributed by atoms with Crippen LogP contribution in [0.1, 0.15) is 26.0 Å². The molecule has 5 heteroatoms. The van der Waals surface area contributed by atoms with Crippen LogP contribution in [0.2, 0.25) is 0 Å². The van der Waals surface area contributed by atoms with Crippen LogP contribution in [0.15, 0.2) is 36.5 Å². The van der Waals surface area contributed by atoms with Crippen LogP contribution in [-0.2, 0) is 11.3 Å². The number of aliphatic carboxylic acids is 1. The lowest BCUT2D eigenvalue weighted by molar-refractivity contribution is -0.140. The molecule has 1 aromatic carbocycles. The molecule has 0 spiro atoms. The number of aromatic amines is 1. The van der Waals surface area contributed by atoms with Crippen molar-refractivity contribution < 1.29 is 9.90 Å². The molecule has 1 unspecified atom stereocenters. The number of benzene rings is 1. The van der Waals surface area contributed by atoms with Crippen LogP contribution in [0.3, 0.4) is 0 Å². The maximum absolute atomic E-state index is 11.2. The summed E-state index contributed by atoms with van der Waals surface area (Å²) in [5.41, 5.74) is 1.89. The lowest BCUT2D eigenvalue weighted by Gasteiger charge is -2.15. The molecule has 0 aliphatic rings. The van der Waals surface area contributed by atoms with E-state index in [0.29, 0.717) is 18.9 Å². The van der Waals surface area contributed by atoms with Gasteiger partial charge in [-0.1, -0.05) is 44.2 Å². The third-order valence-electron chi connectivity index (χ3n) is 3.22. The quantitative estimate of drug-likeness (QED) is 0.731. The van der Waals surface area contributed by atoms with E-state index < -0.39 is 12.0 Å². The summed E-state index contributed by atoms with van der Waals surface area (Å²) in [7, 11) is 0. The second-order valence-corrected chi connectivity index (χ2v) is 5.52. The van der Waals surface area contributed by atoms with E-state index in [2.05, 4.69) is 15.3 Å². The van der Waals surface area contributed by atoms with Gasteiger partial charge in [-0.3, -0.25) is 10.1 Å². The number of aromatic nitrogens is 2. The molecule has 2 aromatic rings. The Morgan fingerprint density at radius 2 is 2.05 bits per heavy atom. The van der Waals surface area contributed by atoms with Gasteiger partial charge in [0.05, 0.1) is 0 Å². The number of hydrogen-bond donors (Lipinski definition) is 3. The van der Waals surface area contributed by atoms with Crippen molar-refractivity contribution in [1.29, 1.82) is 0 Å². The Morgan fingerprint density at radius 1 is 1.33 bits per heavy atom. The molecule has 112 valence electrons. The van der Waals surface area contributed by atoms with Gasteiger partial charge in [-0.15, -0.1) is 0 Å². The third-order valence-corrected chi connectivity index (χ3v) is 3.22. The van der Waals surface area contributed by atoms with Gasteiger partial charge in [0, 0.05) is 24.0 Å². The second-order valence-electron chi connectivity index (χ2n) is 5.52. The summed E-state index contributed by atoms with van der Waals surface area (Å²) in [6.07, 6.45) is 2.35. The largest absolute Gasteiger partial charge is 0.480 e. The number of carbonyl (C=O) groups is 1. The molecule has 21 heavy (non-hydrogen) atoms. The first kappa shape index (κ1) is 15.3. The molecular weight excluding hydrogens is 266 g/mol. The average Bonchev–Trinajstić information content (AvgIpc) is 2.92. The van der Waals surface area contributed by atoms with Gasteiger partial charge in [-0.2, -0.15) is 0 Å². The Hall–Kier alpha value is -2.14. The fraction of sp³-hybridized carbons (Fsp3) is 0.375. The minimum atomic E-state index is -0.813. The summed E-state index contributed by atoms with van der Waals surface area (Å²) < 4.78 is 0. The van der Waals surface area contributed by atoms with Crippen LogP contribution in [0.4, 0.5) is 0 Å². The van der Waals surface area contributed by atoms with E-state index in [0.717, 1.165) is 17.1 Å². The molecule has 3 N–H and O–H groups in total. The smallest absolute Gasteiger partial charge is 0.320 e. The minimum Gasteiger partial charge on any atom is -0.480 e. The lowest BCUT2D eigenvalue weighted by Crippen LogP contribution is -2.37. The summed E-state index contributed by atoms with van der Waals surface area (Å²) in [4.78, 5) is 18.7. The Bertz CT molecular complexity index is 578. The first-order valence-electron chi connectivity index (χ1n) is 7.11. The third kappa shape index (κ3) is 4.43. The highest BCUT2D eigenvalue weighted by Crippen LogP contribution is 2.15. The highest BCUT2D eigenvalue weighted by molar-refractivity contribution is 5.73. The first-order chi connectivity index (χ1) is 10.1. The van der Waals surface area contributed by atoms with Crippen molar-refractivity contribution in [2.75, 3.05) is 0 Å². The molecular formula is C16H21N3O2. The van der Waals surface area contributed by atoms with E-state index in [9.17, 15) is 9.90 Å². The molecule has 0 aliphatic carbocycles. The van der Waals surface area contributed by atoms with Gasteiger partial charge in [0.15, 0.2) is 0 Å². The zero-order valence-electron chi connectivity index (χ0n) is 12.3. The summed E-state index contributed by atoms with van der Waals surface area (Å²) in [6.45, 7) is 4.49. The van der Waals surface area contributed by atoms with Crippen LogP contribution in [-0.4, -0.2) is 27.1 Å². The van der Waals surface area contributed by atoms with Gasteiger partial charge >= 0.3 is 5.97 Å². The standard InChI is InChI=1S/C16H21N3O2/c1-11(2)8-14(16(20)21)17-9-13-10-18-15(19-13)12-6-4-3-5-7-12/h3-7,10-11,14,17H,8-9H2,1-2H3,(H,18,19)(H,20,21). The fourth-order valence-electron chi connectivity index (χ4n) is 2.17. The topological polar surface area (TPSA) is 78.0 Å². The summed E-state index contributed by atoms with van der Waals surface area (Å²) in [6, 6.07) is 9.30. The molecule has 0 aliphatic heterocycles. The normalized spacial score (nSPS) is 12.5. The Balaban J connectivity index is 1.98. The average molecular weight is 287 g/mol. The van der Waals surface area contributed by atoms with Gasteiger partial charge in [-0.05, 0) is 12.3 Å². The SMILES string of the molecule is CC(C)CC(NCc1cnc(-c2ccccc2)[nH]1)C(=O)O. The molecule has 1 atom stereocenters. The molecule has 0 saturated carbocycles. The van der Waals surface area contributed by atoms with Gasteiger partial charge in [0.1, 0.15) is 11.9 Å². The Labute approximate surface area is 124 Å². The van der Waals surface area contributed by atoms with Crippen LogP contribution in [0, 0.1) is 5.92 Å². The number of carboxylic acid groups (broad SMARTS) is 1. The number of H-pyrrole nitrogens is 1. The zero-order chi connectivity index (χ0) is 15.2. The highest BCUT2D eigenvalue weighted by atomic mass is 16.4. The van der Waals surface area contributed by atoms with E-state index >= 15 is 0 Å². The van der Waals surface area contributed by atoms with E-state index in [4.69, 9.17) is 0 Å². The van der Waals surface area contributed by atoms with Crippen molar-refractivity contribution in [3.63, 3.8) is 0 Å². The molecule has 0 bridgehead atoms. The predicted octanol–water partition coefficient (Wildman–Crippen LogP) is 2.67. The predicted molar refractivity (Wildman–Crippen MR) is 81.7 cm³/mol. The Morgan fingerprint density at radius 3 is 2.67 bits per heavy atom. The second kappa shape index (κ2) is 7.04. The Kier molecular flexibility index (Phi) is 5.11. The molecule has 5 nitrogen and oxygen atoms in total. The number of hydrogen-bond acceptors (Lipinski definition) is 3. The van der Waals surface area contributed by atoms with Crippen molar-refractivity contribution in [3.8, 4) is 11.4 Å². The number of nitrogens with zero attached hydrogens (tertiary/aromatic N) is 1. The van der Waals surface area contributed by atoms with Crippen LogP contribution in [0.5, 0.6) is 0 Å². The van der Waals surface area contributed by atoms with Gasteiger partial charge < -0.3 is 10.1 Å². The van der Waals surface area contributed by atoms with Crippen LogP contribution >= 0.6 is 0 Å². The maximum Gasteiger partial charge on any atom is 0.320 e. The van der Waals surface area contributed by atoms with E-state index in [1.165, 1.54) is 0 Å². The molecule has 2 rings (SSSR count). The minimum absolute atomic E-state index is 0.334. The molecule has 1 heterocycles. The van der Waals surface area contributed by atoms with Crippen molar-refractivity contribution in [2.24, 2.45) is 5.92 Å². The lowest BCUT2D eigenvalue weighted by atomic mass is 10.0.